The fraction of sp³-hybridized carbons (Fsp3) is 0.417. The van der Waals surface area contributed by atoms with Crippen LogP contribution in [0.4, 0.5) is 0 Å². The van der Waals surface area contributed by atoms with Crippen LogP contribution < -0.4 is 4.74 Å². The zero-order chi connectivity index (χ0) is 11.5. The minimum absolute atomic E-state index is 0.225. The molecule has 86 valence electrons. The highest BCUT2D eigenvalue weighted by Gasteiger charge is 2.26. The second kappa shape index (κ2) is 4.78. The van der Waals surface area contributed by atoms with Crippen molar-refractivity contribution in [3.63, 3.8) is 0 Å². The van der Waals surface area contributed by atoms with Crippen LogP contribution in [0.3, 0.4) is 0 Å². The molecule has 1 aliphatic heterocycles. The van der Waals surface area contributed by atoms with Gasteiger partial charge in [0.05, 0.1) is 7.11 Å². The molecule has 1 aromatic carbocycles. The van der Waals surface area contributed by atoms with Crippen LogP contribution in [0.5, 0.6) is 5.75 Å². The van der Waals surface area contributed by atoms with Gasteiger partial charge in [0.2, 0.25) is 0 Å². The largest absolute Gasteiger partial charge is 0.496 e. The molecule has 0 radical (unpaired) electrons. The number of carboxylic acid groups (broad SMARTS) is 1. The fourth-order valence-electron chi connectivity index (χ4n) is 2.03. The van der Waals surface area contributed by atoms with Crippen LogP contribution in [-0.2, 0) is 4.79 Å². The molecule has 1 N–H and O–H groups in total. The Hall–Kier alpha value is -1.16. The van der Waals surface area contributed by atoms with Crippen molar-refractivity contribution in [2.45, 2.75) is 23.7 Å². The van der Waals surface area contributed by atoms with Gasteiger partial charge in [-0.25, -0.2) is 0 Å². The fourth-order valence-corrected chi connectivity index (χ4v) is 3.34. The number of aliphatic carboxylic acids is 1. The highest BCUT2D eigenvalue weighted by Crippen LogP contribution is 2.46. The molecule has 3 nitrogen and oxygen atoms in total. The minimum Gasteiger partial charge on any atom is -0.496 e. The van der Waals surface area contributed by atoms with Gasteiger partial charge in [-0.05, 0) is 24.5 Å². The molecule has 0 aliphatic carbocycles. The predicted molar refractivity (Wildman–Crippen MR) is 63.3 cm³/mol. The van der Waals surface area contributed by atoms with Crippen LogP contribution >= 0.6 is 11.8 Å². The maximum atomic E-state index is 10.6. The lowest BCUT2D eigenvalue weighted by Crippen LogP contribution is -2.03. The third-order valence-corrected chi connectivity index (χ3v) is 4.04. The van der Waals surface area contributed by atoms with Crippen molar-refractivity contribution in [3.8, 4) is 5.75 Å². The quantitative estimate of drug-likeness (QED) is 0.876. The van der Waals surface area contributed by atoms with Gasteiger partial charge in [-0.3, -0.25) is 4.79 Å². The van der Waals surface area contributed by atoms with Gasteiger partial charge in [0, 0.05) is 22.6 Å². The number of hydrogen-bond acceptors (Lipinski definition) is 3. The van der Waals surface area contributed by atoms with E-state index in [-0.39, 0.29) is 6.42 Å². The molecule has 0 bridgehead atoms. The molecule has 1 heterocycles. The third kappa shape index (κ3) is 2.16. The Labute approximate surface area is 98.8 Å². The van der Waals surface area contributed by atoms with E-state index in [1.165, 1.54) is 10.5 Å². The number of ether oxygens (including phenoxy) is 1. The average molecular weight is 238 g/mol. The van der Waals surface area contributed by atoms with Gasteiger partial charge in [-0.15, -0.1) is 11.8 Å². The van der Waals surface area contributed by atoms with Gasteiger partial charge in [0.25, 0.3) is 0 Å². The van der Waals surface area contributed by atoms with E-state index in [2.05, 4.69) is 6.07 Å². The maximum absolute atomic E-state index is 10.6. The third-order valence-electron chi connectivity index (χ3n) is 2.80. The Kier molecular flexibility index (Phi) is 3.39. The first kappa shape index (κ1) is 11.3. The molecule has 1 unspecified atom stereocenters. The zero-order valence-corrected chi connectivity index (χ0v) is 9.92. The summed E-state index contributed by atoms with van der Waals surface area (Å²) < 4.78 is 5.33. The summed E-state index contributed by atoms with van der Waals surface area (Å²) in [5.74, 6) is 1.43. The molecule has 2 rings (SSSR count). The number of carbonyl (C=O) groups is 1. The molecule has 16 heavy (non-hydrogen) atoms. The molecule has 0 fully saturated rings. The number of fused-ring (bicyclic) bond motifs is 1. The lowest BCUT2D eigenvalue weighted by molar-refractivity contribution is -0.137. The number of thioether (sulfide) groups is 1. The molecule has 4 heteroatoms. The number of methoxy groups -OCH3 is 1. The number of hydrogen-bond donors (Lipinski definition) is 1. The van der Waals surface area contributed by atoms with E-state index in [1.807, 2.05) is 12.1 Å². The van der Waals surface area contributed by atoms with E-state index in [0.29, 0.717) is 12.3 Å². The molecule has 0 spiro atoms. The van der Waals surface area contributed by atoms with Crippen molar-refractivity contribution >= 4 is 17.7 Å². The molecule has 0 aromatic heterocycles. The molecule has 1 aliphatic rings. The first-order valence-corrected chi connectivity index (χ1v) is 6.22. The number of benzene rings is 1. The van der Waals surface area contributed by atoms with Gasteiger partial charge in [0.1, 0.15) is 5.75 Å². The molecular weight excluding hydrogens is 224 g/mol. The SMILES string of the molecule is COc1cccc2c1C(CCC(=O)O)CS2. The molecule has 0 saturated carbocycles. The summed E-state index contributed by atoms with van der Waals surface area (Å²) >= 11 is 1.78. The Morgan fingerprint density at radius 1 is 1.62 bits per heavy atom. The summed E-state index contributed by atoms with van der Waals surface area (Å²) in [6.07, 6.45) is 0.915. The van der Waals surface area contributed by atoms with Crippen molar-refractivity contribution in [1.82, 2.24) is 0 Å². The highest BCUT2D eigenvalue weighted by atomic mass is 32.2. The molecule has 0 saturated heterocycles. The maximum Gasteiger partial charge on any atom is 0.303 e. The Morgan fingerprint density at radius 3 is 3.12 bits per heavy atom. The van der Waals surface area contributed by atoms with Gasteiger partial charge in [-0.2, -0.15) is 0 Å². The predicted octanol–water partition coefficient (Wildman–Crippen LogP) is 2.75. The first-order chi connectivity index (χ1) is 7.72. The molecular formula is C12H14O3S. The van der Waals surface area contributed by atoms with Gasteiger partial charge in [-0.1, -0.05) is 6.07 Å². The molecule has 1 aromatic rings. The van der Waals surface area contributed by atoms with Crippen molar-refractivity contribution in [3.05, 3.63) is 23.8 Å². The summed E-state index contributed by atoms with van der Waals surface area (Å²) in [7, 11) is 1.66. The number of rotatable bonds is 4. The van der Waals surface area contributed by atoms with Gasteiger partial charge < -0.3 is 9.84 Å². The normalized spacial score (nSPS) is 18.2. The summed E-state index contributed by atoms with van der Waals surface area (Å²) in [5.41, 5.74) is 1.19. The van der Waals surface area contributed by atoms with E-state index in [4.69, 9.17) is 9.84 Å². The first-order valence-electron chi connectivity index (χ1n) is 5.24. The lowest BCUT2D eigenvalue weighted by Gasteiger charge is -2.13. The van der Waals surface area contributed by atoms with Crippen molar-refractivity contribution in [2.75, 3.05) is 12.9 Å². The standard InChI is InChI=1S/C12H14O3S/c1-15-9-3-2-4-10-12(9)8(7-16-10)5-6-11(13)14/h2-4,8H,5-7H2,1H3,(H,13,14). The van der Waals surface area contributed by atoms with Crippen molar-refractivity contribution in [2.24, 2.45) is 0 Å². The van der Waals surface area contributed by atoms with E-state index in [1.54, 1.807) is 18.9 Å². The van der Waals surface area contributed by atoms with Crippen LogP contribution in [-0.4, -0.2) is 23.9 Å². The van der Waals surface area contributed by atoms with Crippen LogP contribution in [0.25, 0.3) is 0 Å². The van der Waals surface area contributed by atoms with E-state index in [9.17, 15) is 4.79 Å². The number of carboxylic acids is 1. The second-order valence-corrected chi connectivity index (χ2v) is 4.87. The van der Waals surface area contributed by atoms with Gasteiger partial charge >= 0.3 is 5.97 Å². The lowest BCUT2D eigenvalue weighted by atomic mass is 9.95. The summed E-state index contributed by atoms with van der Waals surface area (Å²) in [6, 6.07) is 5.99. The minimum atomic E-state index is -0.728. The topological polar surface area (TPSA) is 46.5 Å². The zero-order valence-electron chi connectivity index (χ0n) is 9.10. The Bertz CT molecular complexity index is 403. The monoisotopic (exact) mass is 238 g/mol. The molecule has 1 atom stereocenters. The second-order valence-electron chi connectivity index (χ2n) is 3.81. The van der Waals surface area contributed by atoms with E-state index in [0.717, 1.165) is 11.5 Å². The highest BCUT2D eigenvalue weighted by molar-refractivity contribution is 7.99. The smallest absolute Gasteiger partial charge is 0.303 e. The van der Waals surface area contributed by atoms with Crippen LogP contribution in [0, 0.1) is 0 Å². The van der Waals surface area contributed by atoms with Crippen molar-refractivity contribution in [1.29, 1.82) is 0 Å². The Balaban J connectivity index is 2.20. The van der Waals surface area contributed by atoms with Crippen LogP contribution in [0.1, 0.15) is 24.3 Å². The average Bonchev–Trinajstić information content (AvgIpc) is 2.69. The van der Waals surface area contributed by atoms with E-state index >= 15 is 0 Å². The van der Waals surface area contributed by atoms with Crippen LogP contribution in [0.15, 0.2) is 23.1 Å². The summed E-state index contributed by atoms with van der Waals surface area (Å²) in [4.78, 5) is 11.8. The summed E-state index contributed by atoms with van der Waals surface area (Å²) in [6.45, 7) is 0. The molecule has 0 amide bonds. The van der Waals surface area contributed by atoms with Gasteiger partial charge in [0.15, 0.2) is 0 Å². The van der Waals surface area contributed by atoms with Crippen molar-refractivity contribution < 1.29 is 14.6 Å². The van der Waals surface area contributed by atoms with E-state index < -0.39 is 5.97 Å². The Morgan fingerprint density at radius 2 is 2.44 bits per heavy atom. The van der Waals surface area contributed by atoms with Crippen LogP contribution in [0.2, 0.25) is 0 Å². The summed E-state index contributed by atoms with van der Waals surface area (Å²) in [5, 5.41) is 8.71.